The van der Waals surface area contributed by atoms with Crippen LogP contribution >= 0.6 is 0 Å². The molecule has 0 saturated carbocycles. The van der Waals surface area contributed by atoms with Crippen LogP contribution in [0.2, 0.25) is 0 Å². The van der Waals surface area contributed by atoms with Crippen molar-refractivity contribution in [2.45, 2.75) is 27.5 Å². The van der Waals surface area contributed by atoms with Crippen molar-refractivity contribution in [1.29, 1.82) is 0 Å². The highest BCUT2D eigenvalue weighted by atomic mass is 16.5. The maximum absolute atomic E-state index is 11.5. The number of benzene rings is 2. The lowest BCUT2D eigenvalue weighted by Gasteiger charge is -2.11. The smallest absolute Gasteiger partial charge is 0.371 e. The second-order valence-corrected chi connectivity index (χ2v) is 5.59. The van der Waals surface area contributed by atoms with E-state index in [2.05, 4.69) is 14.8 Å². The fourth-order valence-electron chi connectivity index (χ4n) is 1.86. The molecule has 0 aromatic heterocycles. The molecule has 2 amide bonds. The molecule has 10 heteroatoms. The fraction of sp³-hybridized carbons (Fsp3) is 0.261. The molecule has 10 nitrogen and oxygen atoms in total. The Morgan fingerprint density at radius 2 is 1.36 bits per heavy atom. The summed E-state index contributed by atoms with van der Waals surface area (Å²) in [6, 6.07) is 17.0. The summed E-state index contributed by atoms with van der Waals surface area (Å²) in [5.41, 5.74) is 5.89. The molecule has 4 N–H and O–H groups in total. The van der Waals surface area contributed by atoms with Crippen molar-refractivity contribution >= 4 is 30.0 Å². The van der Waals surface area contributed by atoms with Crippen LogP contribution in [0.15, 0.2) is 60.7 Å². The van der Waals surface area contributed by atoms with Gasteiger partial charge in [0.15, 0.2) is 0 Å². The van der Waals surface area contributed by atoms with Crippen molar-refractivity contribution in [3.05, 3.63) is 71.8 Å². The van der Waals surface area contributed by atoms with Crippen molar-refractivity contribution < 1.29 is 38.6 Å². The Balaban J connectivity index is 0. The van der Waals surface area contributed by atoms with Crippen molar-refractivity contribution in [1.82, 2.24) is 5.32 Å². The fourth-order valence-corrected chi connectivity index (χ4v) is 1.86. The van der Waals surface area contributed by atoms with Gasteiger partial charge in [-0.05, 0) is 38.1 Å². The lowest BCUT2D eigenvalue weighted by Crippen LogP contribution is -2.41. The Kier molecular flexibility index (Phi) is 17.6. The van der Waals surface area contributed by atoms with Crippen molar-refractivity contribution in [2.24, 2.45) is 5.73 Å². The van der Waals surface area contributed by atoms with Gasteiger partial charge in [-0.25, -0.2) is 9.59 Å². The Bertz CT molecular complexity index is 857. The van der Waals surface area contributed by atoms with Crippen LogP contribution < -0.4 is 11.1 Å². The Labute approximate surface area is 192 Å². The monoisotopic (exact) mass is 462 g/mol. The molecule has 0 fully saturated rings. The van der Waals surface area contributed by atoms with Crippen LogP contribution in [-0.2, 0) is 23.9 Å². The van der Waals surface area contributed by atoms with Gasteiger partial charge in [-0.3, -0.25) is 14.4 Å². The van der Waals surface area contributed by atoms with Gasteiger partial charge in [0.05, 0.1) is 13.2 Å². The molecule has 1 unspecified atom stereocenters. The normalized spacial score (nSPS) is 9.67. The van der Waals surface area contributed by atoms with E-state index >= 15 is 0 Å². The zero-order chi connectivity index (χ0) is 24.4. The number of hydrogen-bond acceptors (Lipinski definition) is 8. The second-order valence-electron chi connectivity index (χ2n) is 5.59. The first-order chi connectivity index (χ1) is 15.3. The molecule has 180 valence electrons. The largest absolute Gasteiger partial charge is 0.463 e. The molecule has 2 rings (SSSR count). The van der Waals surface area contributed by atoms with Crippen LogP contribution in [0.5, 0.6) is 0 Å². The minimum atomic E-state index is -1.63. The summed E-state index contributed by atoms with van der Waals surface area (Å²) in [4.78, 5) is 52.2. The summed E-state index contributed by atoms with van der Waals surface area (Å²) in [5.74, 6) is -2.58. The van der Waals surface area contributed by atoms with Gasteiger partial charge < -0.3 is 25.6 Å². The molecule has 0 aliphatic heterocycles. The molecule has 0 spiro atoms. The van der Waals surface area contributed by atoms with Gasteiger partial charge in [0.25, 0.3) is 5.91 Å². The Morgan fingerprint density at radius 3 is 1.70 bits per heavy atom. The third-order valence-corrected chi connectivity index (χ3v) is 3.25. The predicted molar refractivity (Wildman–Crippen MR) is 121 cm³/mol. The highest BCUT2D eigenvalue weighted by Gasteiger charge is 2.19. The quantitative estimate of drug-likeness (QED) is 0.241. The van der Waals surface area contributed by atoms with E-state index in [1.54, 1.807) is 68.4 Å². The highest BCUT2D eigenvalue weighted by Crippen LogP contribution is 1.98. The van der Waals surface area contributed by atoms with Gasteiger partial charge in [0.2, 0.25) is 18.4 Å². The zero-order valence-electron chi connectivity index (χ0n) is 17.7. The first kappa shape index (κ1) is 31.1. The number of nitrogens with one attached hydrogen (secondary N) is 1. The Hall–Kier alpha value is -4.05. The summed E-state index contributed by atoms with van der Waals surface area (Å²) in [6.07, 6.45) is -1.49. The molecule has 0 saturated heterocycles. The van der Waals surface area contributed by atoms with E-state index in [9.17, 15) is 29.1 Å². The number of ether oxygens (including phenoxy) is 2. The summed E-state index contributed by atoms with van der Waals surface area (Å²) in [7, 11) is 0. The van der Waals surface area contributed by atoms with Crippen molar-refractivity contribution in [3.63, 3.8) is 0 Å². The number of esters is 2. The number of primary amides is 1. The van der Waals surface area contributed by atoms with Gasteiger partial charge in [-0.15, -0.1) is 0 Å². The summed E-state index contributed by atoms with van der Waals surface area (Å²) in [5, 5.41) is 11.4. The Morgan fingerprint density at radius 1 is 0.909 bits per heavy atom. The number of carbonyl (C=O) groups excluding carboxylic acids is 5. The van der Waals surface area contributed by atoms with Crippen LogP contribution in [0.25, 0.3) is 0 Å². The number of aliphatic hydroxyl groups excluding tert-OH is 1. The number of nitrogens with two attached hydrogens (primary N) is 1. The number of rotatable bonds is 7. The predicted octanol–water partition coefficient (Wildman–Crippen LogP) is 1.47. The summed E-state index contributed by atoms with van der Waals surface area (Å²) < 4.78 is 8.72. The van der Waals surface area contributed by atoms with E-state index in [-0.39, 0.29) is 32.8 Å². The molecule has 0 aliphatic rings. The number of amides is 2. The van der Waals surface area contributed by atoms with Crippen LogP contribution in [0.1, 0.15) is 42.0 Å². The van der Waals surface area contributed by atoms with E-state index in [1.165, 1.54) is 0 Å². The minimum Gasteiger partial charge on any atom is -0.463 e. The molecule has 0 bridgehead atoms. The zero-order valence-corrected chi connectivity index (χ0v) is 17.7. The molecular weight excluding hydrogens is 432 g/mol. The first-order valence-electron chi connectivity index (χ1n) is 9.44. The maximum atomic E-state index is 11.5. The summed E-state index contributed by atoms with van der Waals surface area (Å²) in [6.45, 7) is 3.67. The summed E-state index contributed by atoms with van der Waals surface area (Å²) >= 11 is 0. The standard InChI is InChI=1S/C11H13NO4.C7H7NO.C4H6O3.CH4/c1-2-16-11(15)10(14)12-9(13)8-6-4-3-5-7-8;8-7(9)6-4-2-1-3-5-6;1-2-7-4(6)3-5;/h3-7,10,14H,2H2,1H3,(H,12,13);1-5H,(H2,8,9);3H,2H2,1H3;1H4. The van der Waals surface area contributed by atoms with Crippen molar-refractivity contribution in [2.75, 3.05) is 13.2 Å². The lowest BCUT2D eigenvalue weighted by atomic mass is 10.2. The first-order valence-corrected chi connectivity index (χ1v) is 9.44. The SMILES string of the molecule is C.CCOC(=O)C(O)NC(=O)c1ccccc1.CCOC(=O)C=O.NC(=O)c1ccccc1. The molecule has 2 aromatic carbocycles. The van der Waals surface area contributed by atoms with Gasteiger partial charge in [-0.1, -0.05) is 43.8 Å². The molecule has 0 heterocycles. The van der Waals surface area contributed by atoms with Crippen LogP contribution in [0.4, 0.5) is 0 Å². The van der Waals surface area contributed by atoms with E-state index in [4.69, 9.17) is 5.73 Å². The van der Waals surface area contributed by atoms with Crippen LogP contribution in [0.3, 0.4) is 0 Å². The minimum absolute atomic E-state index is 0. The number of carbonyl (C=O) groups is 5. The third kappa shape index (κ3) is 14.6. The number of hydrogen-bond donors (Lipinski definition) is 3. The topological polar surface area (TPSA) is 162 Å². The van der Waals surface area contributed by atoms with E-state index in [1.807, 2.05) is 6.07 Å². The van der Waals surface area contributed by atoms with E-state index in [0.717, 1.165) is 0 Å². The van der Waals surface area contributed by atoms with E-state index in [0.29, 0.717) is 11.1 Å². The van der Waals surface area contributed by atoms with Gasteiger partial charge in [0, 0.05) is 11.1 Å². The molecule has 33 heavy (non-hydrogen) atoms. The van der Waals surface area contributed by atoms with Crippen molar-refractivity contribution in [3.8, 4) is 0 Å². The maximum Gasteiger partial charge on any atom is 0.371 e. The highest BCUT2D eigenvalue weighted by molar-refractivity contribution is 6.20. The molecule has 0 radical (unpaired) electrons. The molecule has 0 aliphatic carbocycles. The third-order valence-electron chi connectivity index (χ3n) is 3.25. The second kappa shape index (κ2) is 18.7. The average Bonchev–Trinajstić information content (AvgIpc) is 2.81. The number of aldehydes is 1. The van der Waals surface area contributed by atoms with Crippen LogP contribution in [-0.4, -0.2) is 54.6 Å². The van der Waals surface area contributed by atoms with Gasteiger partial charge in [-0.2, -0.15) is 0 Å². The van der Waals surface area contributed by atoms with Gasteiger partial charge >= 0.3 is 11.9 Å². The van der Waals surface area contributed by atoms with Gasteiger partial charge in [0.1, 0.15) is 0 Å². The lowest BCUT2D eigenvalue weighted by molar-refractivity contribution is -0.154. The molecule has 1 atom stereocenters. The van der Waals surface area contributed by atoms with E-state index < -0.39 is 24.1 Å². The molecule has 2 aromatic rings. The number of aliphatic hydroxyl groups is 1. The van der Waals surface area contributed by atoms with Crippen LogP contribution in [0, 0.1) is 0 Å². The average molecular weight is 462 g/mol. The molecular formula is C23H30N2O8.